The highest BCUT2D eigenvalue weighted by atomic mass is 16.2. The fraction of sp³-hybridized carbons (Fsp3) is 0.478. The zero-order chi connectivity index (χ0) is 19.6. The summed E-state index contributed by atoms with van der Waals surface area (Å²) in [5.74, 6) is 0.588. The van der Waals surface area contributed by atoms with E-state index >= 15 is 0 Å². The Kier molecular flexibility index (Phi) is 5.36. The summed E-state index contributed by atoms with van der Waals surface area (Å²) in [7, 11) is 0. The molecule has 1 aromatic heterocycles. The number of hydrogen-bond acceptors (Lipinski definition) is 3. The van der Waals surface area contributed by atoms with Gasteiger partial charge in [0.2, 0.25) is 5.56 Å². The quantitative estimate of drug-likeness (QED) is 0.892. The van der Waals surface area contributed by atoms with Gasteiger partial charge in [-0.1, -0.05) is 37.3 Å². The van der Waals surface area contributed by atoms with E-state index < -0.39 is 0 Å². The number of H-pyrrole nitrogens is 1. The summed E-state index contributed by atoms with van der Waals surface area (Å²) in [4.78, 5) is 31.2. The molecule has 0 radical (unpaired) electrons. The van der Waals surface area contributed by atoms with Crippen LogP contribution in [0.3, 0.4) is 0 Å². The number of rotatable bonds is 3. The summed E-state index contributed by atoms with van der Waals surface area (Å²) in [5.41, 5.74) is 2.11. The Morgan fingerprint density at radius 1 is 1.14 bits per heavy atom. The summed E-state index contributed by atoms with van der Waals surface area (Å²) >= 11 is 0. The molecule has 5 nitrogen and oxygen atoms in total. The number of carbonyl (C=O) groups excluding carboxylic acids is 1. The van der Waals surface area contributed by atoms with Gasteiger partial charge in [0.15, 0.2) is 0 Å². The first-order valence-corrected chi connectivity index (χ1v) is 10.3. The molecule has 1 aromatic carbocycles. The van der Waals surface area contributed by atoms with Crippen LogP contribution in [0.2, 0.25) is 0 Å². The maximum atomic E-state index is 12.8. The molecule has 1 spiro atoms. The van der Waals surface area contributed by atoms with Crippen molar-refractivity contribution in [1.82, 2.24) is 14.8 Å². The van der Waals surface area contributed by atoms with E-state index in [0.717, 1.165) is 45.6 Å². The van der Waals surface area contributed by atoms with E-state index in [1.54, 1.807) is 6.07 Å². The smallest absolute Gasteiger partial charge is 0.255 e. The lowest BCUT2D eigenvalue weighted by Crippen LogP contribution is -2.52. The third kappa shape index (κ3) is 3.90. The van der Waals surface area contributed by atoms with Gasteiger partial charge in [-0.25, -0.2) is 0 Å². The first kappa shape index (κ1) is 18.9. The topological polar surface area (TPSA) is 56.4 Å². The van der Waals surface area contributed by atoms with Crippen LogP contribution in [-0.2, 0) is 0 Å². The summed E-state index contributed by atoms with van der Waals surface area (Å²) < 4.78 is 0. The number of likely N-dealkylation sites (N-methyl/N-ethyl adjacent to an activating group) is 1. The van der Waals surface area contributed by atoms with Gasteiger partial charge in [-0.2, -0.15) is 0 Å². The molecule has 0 unspecified atom stereocenters. The van der Waals surface area contributed by atoms with E-state index in [-0.39, 0.29) is 16.9 Å². The number of aromatic amines is 1. The van der Waals surface area contributed by atoms with Crippen molar-refractivity contribution in [2.24, 2.45) is 5.41 Å². The second kappa shape index (κ2) is 7.92. The molecule has 4 rings (SSSR count). The highest BCUT2D eigenvalue weighted by Crippen LogP contribution is 2.45. The SMILES string of the molecule is CCN1C[C@@H](c2ccccc2)CC2(CCN(C(=O)c3ccc(=O)[nH]c3)CC2)C1. The average molecular weight is 380 g/mol. The second-order valence-corrected chi connectivity index (χ2v) is 8.37. The van der Waals surface area contributed by atoms with Gasteiger partial charge in [0.1, 0.15) is 0 Å². The number of aromatic nitrogens is 1. The van der Waals surface area contributed by atoms with E-state index in [1.807, 2.05) is 4.90 Å². The Bertz CT molecular complexity index is 848. The third-order valence-corrected chi connectivity index (χ3v) is 6.58. The van der Waals surface area contributed by atoms with Crippen LogP contribution in [0.1, 0.15) is 48.0 Å². The molecule has 2 aliphatic heterocycles. The zero-order valence-corrected chi connectivity index (χ0v) is 16.6. The van der Waals surface area contributed by atoms with E-state index in [4.69, 9.17) is 0 Å². The average Bonchev–Trinajstić information content (AvgIpc) is 2.74. The van der Waals surface area contributed by atoms with E-state index in [0.29, 0.717) is 11.5 Å². The van der Waals surface area contributed by atoms with E-state index in [2.05, 4.69) is 47.1 Å². The van der Waals surface area contributed by atoms with Crippen LogP contribution in [-0.4, -0.2) is 53.4 Å². The number of piperidine rings is 2. The minimum absolute atomic E-state index is 0.0221. The number of benzene rings is 1. The van der Waals surface area contributed by atoms with Gasteiger partial charge in [-0.15, -0.1) is 0 Å². The molecule has 0 aliphatic carbocycles. The molecule has 5 heteroatoms. The van der Waals surface area contributed by atoms with Crippen molar-refractivity contribution in [3.05, 3.63) is 70.1 Å². The van der Waals surface area contributed by atoms with Crippen LogP contribution < -0.4 is 5.56 Å². The minimum Gasteiger partial charge on any atom is -0.339 e. The van der Waals surface area contributed by atoms with Crippen LogP contribution in [0.4, 0.5) is 0 Å². The molecule has 0 bridgehead atoms. The first-order valence-electron chi connectivity index (χ1n) is 10.3. The van der Waals surface area contributed by atoms with Gasteiger partial charge >= 0.3 is 0 Å². The number of amides is 1. The predicted molar refractivity (Wildman–Crippen MR) is 111 cm³/mol. The Morgan fingerprint density at radius 2 is 1.89 bits per heavy atom. The van der Waals surface area contributed by atoms with Crippen molar-refractivity contribution in [2.75, 3.05) is 32.7 Å². The van der Waals surface area contributed by atoms with Crippen LogP contribution in [0.5, 0.6) is 0 Å². The summed E-state index contributed by atoms with van der Waals surface area (Å²) in [5, 5.41) is 0. The highest BCUT2D eigenvalue weighted by molar-refractivity contribution is 5.93. The molecule has 2 saturated heterocycles. The van der Waals surface area contributed by atoms with Crippen LogP contribution in [0.15, 0.2) is 53.5 Å². The maximum Gasteiger partial charge on any atom is 0.255 e. The minimum atomic E-state index is -0.178. The van der Waals surface area contributed by atoms with Gasteiger partial charge in [0.25, 0.3) is 5.91 Å². The van der Waals surface area contributed by atoms with Crippen molar-refractivity contribution < 1.29 is 4.79 Å². The third-order valence-electron chi connectivity index (χ3n) is 6.58. The molecule has 3 heterocycles. The van der Waals surface area contributed by atoms with Gasteiger partial charge < -0.3 is 14.8 Å². The van der Waals surface area contributed by atoms with Crippen molar-refractivity contribution in [3.8, 4) is 0 Å². The monoisotopic (exact) mass is 379 g/mol. The molecule has 0 saturated carbocycles. The number of carbonyl (C=O) groups is 1. The molecule has 2 aliphatic rings. The zero-order valence-electron chi connectivity index (χ0n) is 16.6. The largest absolute Gasteiger partial charge is 0.339 e. The molecule has 1 atom stereocenters. The maximum absolute atomic E-state index is 12.8. The van der Waals surface area contributed by atoms with Crippen LogP contribution >= 0.6 is 0 Å². The first-order chi connectivity index (χ1) is 13.6. The number of pyridine rings is 1. The lowest BCUT2D eigenvalue weighted by molar-refractivity contribution is 0.0158. The Hall–Kier alpha value is -2.40. The van der Waals surface area contributed by atoms with Gasteiger partial charge in [-0.05, 0) is 48.8 Å². The lowest BCUT2D eigenvalue weighted by atomic mass is 9.68. The normalized spacial score (nSPS) is 22.3. The van der Waals surface area contributed by atoms with E-state index in [9.17, 15) is 9.59 Å². The Labute approximate surface area is 166 Å². The van der Waals surface area contributed by atoms with Crippen molar-refractivity contribution in [1.29, 1.82) is 0 Å². The summed E-state index contributed by atoms with van der Waals surface area (Å²) in [6.45, 7) is 7.16. The van der Waals surface area contributed by atoms with Gasteiger partial charge in [0, 0.05) is 38.4 Å². The molecular weight excluding hydrogens is 350 g/mol. The lowest BCUT2D eigenvalue weighted by Gasteiger charge is -2.50. The number of nitrogens with one attached hydrogen (secondary N) is 1. The fourth-order valence-corrected chi connectivity index (χ4v) is 4.96. The van der Waals surface area contributed by atoms with Crippen molar-refractivity contribution in [2.45, 2.75) is 32.1 Å². The molecule has 28 heavy (non-hydrogen) atoms. The number of nitrogens with zero attached hydrogens (tertiary/aromatic N) is 2. The molecule has 1 N–H and O–H groups in total. The molecule has 1 amide bonds. The standard InChI is InChI=1S/C23H29N3O2/c1-2-25-16-20(18-6-4-3-5-7-18)14-23(17-25)10-12-26(13-11-23)22(28)19-8-9-21(27)24-15-19/h3-9,15,20H,2,10-14,16-17H2,1H3,(H,24,27)/t20-/m0/s1. The van der Waals surface area contributed by atoms with Gasteiger partial charge in [-0.3, -0.25) is 9.59 Å². The number of likely N-dealkylation sites (tertiary alicyclic amines) is 2. The van der Waals surface area contributed by atoms with Crippen molar-refractivity contribution >= 4 is 5.91 Å². The van der Waals surface area contributed by atoms with E-state index in [1.165, 1.54) is 24.2 Å². The molecular formula is C23H29N3O2. The molecule has 2 fully saturated rings. The fourth-order valence-electron chi connectivity index (χ4n) is 4.96. The summed E-state index contributed by atoms with van der Waals surface area (Å²) in [6.07, 6.45) is 4.82. The van der Waals surface area contributed by atoms with Crippen molar-refractivity contribution in [3.63, 3.8) is 0 Å². The van der Waals surface area contributed by atoms with Gasteiger partial charge in [0.05, 0.1) is 5.56 Å². The molecule has 2 aromatic rings. The Balaban J connectivity index is 1.46. The Morgan fingerprint density at radius 3 is 2.54 bits per heavy atom. The second-order valence-electron chi connectivity index (χ2n) is 8.37. The predicted octanol–water partition coefficient (Wildman–Crippen LogP) is 3.11. The van der Waals surface area contributed by atoms with Crippen LogP contribution in [0.25, 0.3) is 0 Å². The summed E-state index contributed by atoms with van der Waals surface area (Å²) in [6, 6.07) is 13.9. The van der Waals surface area contributed by atoms with Crippen LogP contribution in [0, 0.1) is 5.41 Å². The number of hydrogen-bond donors (Lipinski definition) is 1. The highest BCUT2D eigenvalue weighted by Gasteiger charge is 2.42. The molecule has 148 valence electrons.